The number of carbonyl (C=O) groups excluding carboxylic acids is 1. The van der Waals surface area contributed by atoms with Gasteiger partial charge in [0.25, 0.3) is 5.91 Å². The van der Waals surface area contributed by atoms with E-state index in [0.29, 0.717) is 22.1 Å². The zero-order chi connectivity index (χ0) is 19.5. The molecule has 6 nitrogen and oxygen atoms in total. The van der Waals surface area contributed by atoms with E-state index in [9.17, 15) is 9.59 Å². The Morgan fingerprint density at radius 2 is 1.79 bits per heavy atom. The van der Waals surface area contributed by atoms with E-state index in [1.54, 1.807) is 24.4 Å². The van der Waals surface area contributed by atoms with E-state index in [0.717, 1.165) is 11.3 Å². The standard InChI is InChI=1S/C21H15ClN4O2/c22-16-10-9-14(24-21(28)17-7-4-8-19(27)25-17)11-15(16)20-23-12-18(26-20)13-5-2-1-3-6-13/h1-12H,(H,23,26)(H,24,28)(H,25,27). The second-order valence-electron chi connectivity index (χ2n) is 6.09. The van der Waals surface area contributed by atoms with Crippen LogP contribution < -0.4 is 10.9 Å². The van der Waals surface area contributed by atoms with Crippen molar-refractivity contribution in [3.8, 4) is 22.6 Å². The molecule has 0 aliphatic heterocycles. The van der Waals surface area contributed by atoms with Gasteiger partial charge in [0, 0.05) is 17.3 Å². The second-order valence-corrected chi connectivity index (χ2v) is 6.50. The van der Waals surface area contributed by atoms with Gasteiger partial charge in [0.15, 0.2) is 0 Å². The monoisotopic (exact) mass is 390 g/mol. The molecule has 4 rings (SSSR count). The van der Waals surface area contributed by atoms with Gasteiger partial charge in [-0.05, 0) is 29.8 Å². The molecule has 0 bridgehead atoms. The molecule has 7 heteroatoms. The molecule has 2 aromatic carbocycles. The summed E-state index contributed by atoms with van der Waals surface area (Å²) in [5.74, 6) is 0.170. The fourth-order valence-electron chi connectivity index (χ4n) is 2.79. The van der Waals surface area contributed by atoms with Gasteiger partial charge in [0.05, 0.1) is 16.9 Å². The first-order valence-electron chi connectivity index (χ1n) is 8.51. The number of amides is 1. The van der Waals surface area contributed by atoms with Crippen molar-refractivity contribution < 1.29 is 4.79 Å². The maximum Gasteiger partial charge on any atom is 0.272 e. The minimum absolute atomic E-state index is 0.174. The Morgan fingerprint density at radius 3 is 2.57 bits per heavy atom. The summed E-state index contributed by atoms with van der Waals surface area (Å²) in [5.41, 5.74) is 2.90. The smallest absolute Gasteiger partial charge is 0.272 e. The van der Waals surface area contributed by atoms with Crippen LogP contribution in [0.25, 0.3) is 22.6 Å². The number of rotatable bonds is 4. The molecule has 0 radical (unpaired) electrons. The molecular weight excluding hydrogens is 376 g/mol. The molecule has 2 heterocycles. The number of anilines is 1. The zero-order valence-corrected chi connectivity index (χ0v) is 15.3. The summed E-state index contributed by atoms with van der Waals surface area (Å²) in [5, 5.41) is 3.25. The zero-order valence-electron chi connectivity index (χ0n) is 14.6. The summed E-state index contributed by atoms with van der Waals surface area (Å²) in [6, 6.07) is 19.3. The van der Waals surface area contributed by atoms with E-state index in [2.05, 4.69) is 20.3 Å². The van der Waals surface area contributed by atoms with Gasteiger partial charge in [-0.3, -0.25) is 9.59 Å². The Morgan fingerprint density at radius 1 is 0.964 bits per heavy atom. The molecule has 0 atom stereocenters. The number of hydrogen-bond acceptors (Lipinski definition) is 3. The van der Waals surface area contributed by atoms with Crippen LogP contribution >= 0.6 is 11.6 Å². The number of H-pyrrole nitrogens is 2. The minimum atomic E-state index is -0.421. The molecule has 3 N–H and O–H groups in total. The van der Waals surface area contributed by atoms with Crippen LogP contribution in [-0.4, -0.2) is 20.9 Å². The first-order chi connectivity index (χ1) is 13.6. The number of benzene rings is 2. The van der Waals surface area contributed by atoms with Gasteiger partial charge in [-0.1, -0.05) is 48.0 Å². The van der Waals surface area contributed by atoms with Crippen molar-refractivity contribution in [2.75, 3.05) is 5.32 Å². The average Bonchev–Trinajstić information content (AvgIpc) is 3.20. The highest BCUT2D eigenvalue weighted by Crippen LogP contribution is 2.30. The molecule has 0 saturated carbocycles. The summed E-state index contributed by atoms with van der Waals surface area (Å²) in [6.45, 7) is 0. The molecule has 0 saturated heterocycles. The number of halogens is 1. The van der Waals surface area contributed by atoms with Gasteiger partial charge in [-0.15, -0.1) is 0 Å². The van der Waals surface area contributed by atoms with E-state index in [4.69, 9.17) is 11.6 Å². The average molecular weight is 391 g/mol. The van der Waals surface area contributed by atoms with Gasteiger partial charge in [0.2, 0.25) is 5.56 Å². The highest BCUT2D eigenvalue weighted by atomic mass is 35.5. The van der Waals surface area contributed by atoms with E-state index in [1.807, 2.05) is 30.3 Å². The summed E-state index contributed by atoms with van der Waals surface area (Å²) in [6.07, 6.45) is 1.74. The van der Waals surface area contributed by atoms with Crippen LogP contribution in [0.1, 0.15) is 10.5 Å². The molecule has 0 spiro atoms. The lowest BCUT2D eigenvalue weighted by Crippen LogP contribution is -2.17. The molecule has 0 unspecified atom stereocenters. The van der Waals surface area contributed by atoms with Crippen LogP contribution in [0.2, 0.25) is 5.02 Å². The van der Waals surface area contributed by atoms with Crippen molar-refractivity contribution in [2.24, 2.45) is 0 Å². The largest absolute Gasteiger partial charge is 0.338 e. The van der Waals surface area contributed by atoms with E-state index in [-0.39, 0.29) is 11.3 Å². The van der Waals surface area contributed by atoms with Crippen molar-refractivity contribution in [3.05, 3.63) is 94.0 Å². The highest BCUT2D eigenvalue weighted by Gasteiger charge is 2.12. The van der Waals surface area contributed by atoms with E-state index in [1.165, 1.54) is 18.2 Å². The number of imidazole rings is 1. The van der Waals surface area contributed by atoms with E-state index < -0.39 is 5.91 Å². The lowest BCUT2D eigenvalue weighted by atomic mass is 10.1. The van der Waals surface area contributed by atoms with Crippen LogP contribution in [-0.2, 0) is 0 Å². The Balaban J connectivity index is 1.62. The summed E-state index contributed by atoms with van der Waals surface area (Å²) in [4.78, 5) is 33.9. The number of nitrogens with one attached hydrogen (secondary N) is 3. The fraction of sp³-hybridized carbons (Fsp3) is 0. The Labute approximate surface area is 165 Å². The first kappa shape index (κ1) is 17.8. The predicted molar refractivity (Wildman–Crippen MR) is 109 cm³/mol. The second kappa shape index (κ2) is 7.54. The van der Waals surface area contributed by atoms with Crippen LogP contribution in [0.15, 0.2) is 77.7 Å². The molecule has 138 valence electrons. The lowest BCUT2D eigenvalue weighted by Gasteiger charge is -2.08. The molecule has 28 heavy (non-hydrogen) atoms. The minimum Gasteiger partial charge on any atom is -0.338 e. The van der Waals surface area contributed by atoms with Crippen LogP contribution in [0.5, 0.6) is 0 Å². The Hall–Kier alpha value is -3.64. The number of carbonyl (C=O) groups is 1. The fourth-order valence-corrected chi connectivity index (χ4v) is 2.99. The van der Waals surface area contributed by atoms with Gasteiger partial charge in [0.1, 0.15) is 11.5 Å². The SMILES string of the molecule is O=C(Nc1ccc(Cl)c(-c2ncc(-c3ccccc3)[nH]2)c1)c1cccc(=O)[nH]1. The lowest BCUT2D eigenvalue weighted by molar-refractivity contribution is 0.102. The maximum absolute atomic E-state index is 12.4. The van der Waals surface area contributed by atoms with Crippen LogP contribution in [0.3, 0.4) is 0 Å². The number of aromatic nitrogens is 3. The van der Waals surface area contributed by atoms with E-state index >= 15 is 0 Å². The predicted octanol–water partition coefficient (Wildman–Crippen LogP) is 4.34. The Kier molecular flexibility index (Phi) is 4.78. The topological polar surface area (TPSA) is 90.6 Å². The van der Waals surface area contributed by atoms with Crippen molar-refractivity contribution in [3.63, 3.8) is 0 Å². The number of aromatic amines is 2. The number of hydrogen-bond donors (Lipinski definition) is 3. The number of nitrogens with zero attached hydrogens (tertiary/aromatic N) is 1. The normalized spacial score (nSPS) is 10.6. The summed E-state index contributed by atoms with van der Waals surface area (Å²) >= 11 is 6.34. The van der Waals surface area contributed by atoms with Crippen molar-refractivity contribution in [2.45, 2.75) is 0 Å². The van der Waals surface area contributed by atoms with Crippen molar-refractivity contribution in [1.82, 2.24) is 15.0 Å². The van der Waals surface area contributed by atoms with Crippen molar-refractivity contribution in [1.29, 1.82) is 0 Å². The number of pyridine rings is 1. The van der Waals surface area contributed by atoms with Gasteiger partial charge >= 0.3 is 0 Å². The third-order valence-corrected chi connectivity index (χ3v) is 4.48. The molecule has 0 fully saturated rings. The molecular formula is C21H15ClN4O2. The highest BCUT2D eigenvalue weighted by molar-refractivity contribution is 6.33. The van der Waals surface area contributed by atoms with Crippen molar-refractivity contribution >= 4 is 23.2 Å². The third-order valence-electron chi connectivity index (χ3n) is 4.15. The van der Waals surface area contributed by atoms with Gasteiger partial charge in [-0.25, -0.2) is 4.98 Å². The molecule has 2 aromatic heterocycles. The van der Waals surface area contributed by atoms with Crippen LogP contribution in [0.4, 0.5) is 5.69 Å². The van der Waals surface area contributed by atoms with Gasteiger partial charge in [-0.2, -0.15) is 0 Å². The Bertz CT molecular complexity index is 1200. The quantitative estimate of drug-likeness (QED) is 0.484. The summed E-state index contributed by atoms with van der Waals surface area (Å²) < 4.78 is 0. The molecule has 1 amide bonds. The maximum atomic E-state index is 12.4. The molecule has 0 aliphatic rings. The molecule has 4 aromatic rings. The molecule has 0 aliphatic carbocycles. The van der Waals surface area contributed by atoms with Gasteiger partial charge < -0.3 is 15.3 Å². The first-order valence-corrected chi connectivity index (χ1v) is 8.89. The third kappa shape index (κ3) is 3.72. The summed E-state index contributed by atoms with van der Waals surface area (Å²) in [7, 11) is 0. The van der Waals surface area contributed by atoms with Crippen LogP contribution in [0, 0.1) is 0 Å².